The van der Waals surface area contributed by atoms with Gasteiger partial charge in [-0.15, -0.1) is 10.2 Å². The molecule has 0 aliphatic carbocycles. The van der Waals surface area contributed by atoms with Gasteiger partial charge in [-0.3, -0.25) is 9.47 Å². The second kappa shape index (κ2) is 9.27. The highest BCUT2D eigenvalue weighted by atomic mass is 16.5. The number of piperazine rings is 1. The lowest BCUT2D eigenvalue weighted by atomic mass is 10.2. The van der Waals surface area contributed by atoms with Gasteiger partial charge in [0.25, 0.3) is 0 Å². The summed E-state index contributed by atoms with van der Waals surface area (Å²) in [6.45, 7) is 4.82. The SMILES string of the molecule is O=C(Nc1cccc(-n2cnnc2)c1)N1CCN(CCOCCO)CC1. The largest absolute Gasteiger partial charge is 0.394 e. The molecule has 0 saturated carbocycles. The van der Waals surface area contributed by atoms with Gasteiger partial charge in [0, 0.05) is 38.4 Å². The van der Waals surface area contributed by atoms with Gasteiger partial charge in [0.05, 0.1) is 25.5 Å². The lowest BCUT2D eigenvalue weighted by molar-refractivity contribution is 0.0627. The number of aromatic nitrogens is 3. The fraction of sp³-hybridized carbons (Fsp3) is 0.471. The van der Waals surface area contributed by atoms with Crippen molar-refractivity contribution in [3.8, 4) is 5.69 Å². The maximum Gasteiger partial charge on any atom is 0.321 e. The van der Waals surface area contributed by atoms with Gasteiger partial charge in [0.15, 0.2) is 0 Å². The maximum atomic E-state index is 12.5. The second-order valence-corrected chi connectivity index (χ2v) is 6.01. The third-order valence-electron chi connectivity index (χ3n) is 4.26. The summed E-state index contributed by atoms with van der Waals surface area (Å²) in [5.41, 5.74) is 1.63. The molecule has 1 fully saturated rings. The molecule has 0 atom stereocenters. The van der Waals surface area contributed by atoms with Crippen LogP contribution >= 0.6 is 0 Å². The Balaban J connectivity index is 1.47. The van der Waals surface area contributed by atoms with E-state index in [1.165, 1.54) is 0 Å². The highest BCUT2D eigenvalue weighted by Crippen LogP contribution is 2.15. The molecule has 2 aromatic rings. The third-order valence-corrected chi connectivity index (χ3v) is 4.26. The Hall–Kier alpha value is -2.49. The molecule has 9 heteroatoms. The van der Waals surface area contributed by atoms with Crippen LogP contribution in [-0.2, 0) is 4.74 Å². The molecule has 1 aromatic carbocycles. The zero-order valence-electron chi connectivity index (χ0n) is 14.6. The van der Waals surface area contributed by atoms with Crippen molar-refractivity contribution < 1.29 is 14.6 Å². The Morgan fingerprint density at radius 2 is 1.92 bits per heavy atom. The van der Waals surface area contributed by atoms with Gasteiger partial charge in [0.1, 0.15) is 12.7 Å². The van der Waals surface area contributed by atoms with Crippen LogP contribution in [0.3, 0.4) is 0 Å². The first-order valence-electron chi connectivity index (χ1n) is 8.68. The number of nitrogens with one attached hydrogen (secondary N) is 1. The number of amides is 2. The molecule has 2 heterocycles. The molecule has 0 unspecified atom stereocenters. The van der Waals surface area contributed by atoms with Crippen molar-refractivity contribution in [3.05, 3.63) is 36.9 Å². The quantitative estimate of drug-likeness (QED) is 0.695. The summed E-state index contributed by atoms with van der Waals surface area (Å²) in [5, 5.41) is 19.2. The summed E-state index contributed by atoms with van der Waals surface area (Å²) in [5.74, 6) is 0. The minimum absolute atomic E-state index is 0.0481. The molecule has 0 radical (unpaired) electrons. The van der Waals surface area contributed by atoms with Crippen LogP contribution in [0.5, 0.6) is 0 Å². The van der Waals surface area contributed by atoms with Crippen molar-refractivity contribution >= 4 is 11.7 Å². The number of urea groups is 1. The van der Waals surface area contributed by atoms with Crippen molar-refractivity contribution in [2.75, 3.05) is 57.9 Å². The smallest absolute Gasteiger partial charge is 0.321 e. The first-order valence-corrected chi connectivity index (χ1v) is 8.68. The maximum absolute atomic E-state index is 12.5. The number of benzene rings is 1. The Labute approximate surface area is 152 Å². The van der Waals surface area contributed by atoms with Gasteiger partial charge in [-0.1, -0.05) is 6.07 Å². The van der Waals surface area contributed by atoms with Crippen LogP contribution in [0.15, 0.2) is 36.9 Å². The highest BCUT2D eigenvalue weighted by Gasteiger charge is 2.20. The van der Waals surface area contributed by atoms with Gasteiger partial charge in [-0.05, 0) is 18.2 Å². The lowest BCUT2D eigenvalue weighted by Crippen LogP contribution is -2.50. The van der Waals surface area contributed by atoms with Crippen LogP contribution in [0.2, 0.25) is 0 Å². The zero-order valence-corrected chi connectivity index (χ0v) is 14.6. The zero-order chi connectivity index (χ0) is 18.2. The van der Waals surface area contributed by atoms with E-state index < -0.39 is 0 Å². The number of carbonyl (C=O) groups is 1. The number of aliphatic hydroxyl groups is 1. The molecule has 1 aliphatic heterocycles. The van der Waals surface area contributed by atoms with E-state index in [0.29, 0.717) is 26.3 Å². The number of anilines is 1. The number of rotatable bonds is 7. The van der Waals surface area contributed by atoms with E-state index >= 15 is 0 Å². The molecule has 2 N–H and O–H groups in total. The summed E-state index contributed by atoms with van der Waals surface area (Å²) in [4.78, 5) is 16.6. The Morgan fingerprint density at radius 1 is 1.15 bits per heavy atom. The molecule has 9 nitrogen and oxygen atoms in total. The van der Waals surface area contributed by atoms with Gasteiger partial charge in [-0.2, -0.15) is 0 Å². The Kier molecular flexibility index (Phi) is 6.53. The molecule has 1 aromatic heterocycles. The number of nitrogens with zero attached hydrogens (tertiary/aromatic N) is 5. The summed E-state index contributed by atoms with van der Waals surface area (Å²) < 4.78 is 7.07. The van der Waals surface area contributed by atoms with Crippen LogP contribution in [0.25, 0.3) is 5.69 Å². The predicted molar refractivity (Wildman–Crippen MR) is 96.3 cm³/mol. The van der Waals surface area contributed by atoms with Crippen LogP contribution in [0.4, 0.5) is 10.5 Å². The molecule has 0 spiro atoms. The normalized spacial score (nSPS) is 15.2. The summed E-state index contributed by atoms with van der Waals surface area (Å²) in [6, 6.07) is 7.46. The van der Waals surface area contributed by atoms with Gasteiger partial charge >= 0.3 is 6.03 Å². The van der Waals surface area contributed by atoms with Crippen LogP contribution in [-0.4, -0.2) is 88.2 Å². The van der Waals surface area contributed by atoms with E-state index in [4.69, 9.17) is 9.84 Å². The van der Waals surface area contributed by atoms with Crippen LogP contribution < -0.4 is 5.32 Å². The second-order valence-electron chi connectivity index (χ2n) is 6.01. The Bertz CT molecular complexity index is 686. The number of carbonyl (C=O) groups excluding carboxylic acids is 1. The van der Waals surface area contributed by atoms with E-state index in [0.717, 1.165) is 31.0 Å². The molecule has 1 saturated heterocycles. The van der Waals surface area contributed by atoms with E-state index in [-0.39, 0.29) is 12.6 Å². The molecule has 26 heavy (non-hydrogen) atoms. The first-order chi connectivity index (χ1) is 12.8. The third kappa shape index (κ3) is 5.01. The van der Waals surface area contributed by atoms with Gasteiger partial charge in [-0.25, -0.2) is 4.79 Å². The predicted octanol–water partition coefficient (Wildman–Crippen LogP) is 0.426. The highest BCUT2D eigenvalue weighted by molar-refractivity contribution is 5.89. The van der Waals surface area contributed by atoms with E-state index in [2.05, 4.69) is 20.4 Å². The number of ether oxygens (including phenoxy) is 1. The van der Waals surface area contributed by atoms with Crippen molar-refractivity contribution in [2.24, 2.45) is 0 Å². The minimum Gasteiger partial charge on any atom is -0.394 e. The fourth-order valence-electron chi connectivity index (χ4n) is 2.82. The van der Waals surface area contributed by atoms with Gasteiger partial charge in [0.2, 0.25) is 0 Å². The fourth-order valence-corrected chi connectivity index (χ4v) is 2.82. The van der Waals surface area contributed by atoms with Crippen molar-refractivity contribution in [1.82, 2.24) is 24.6 Å². The topological polar surface area (TPSA) is 95.8 Å². The first kappa shape index (κ1) is 18.3. The molecule has 0 bridgehead atoms. The monoisotopic (exact) mass is 360 g/mol. The molecular weight excluding hydrogens is 336 g/mol. The standard InChI is InChI=1S/C17H24N6O3/c24-9-11-26-10-8-21-4-6-22(7-5-21)17(25)20-15-2-1-3-16(12-15)23-13-18-19-14-23/h1-3,12-14,24H,4-11H2,(H,20,25). The molecule has 2 amide bonds. The lowest BCUT2D eigenvalue weighted by Gasteiger charge is -2.34. The van der Waals surface area contributed by atoms with Crippen molar-refractivity contribution in [3.63, 3.8) is 0 Å². The van der Waals surface area contributed by atoms with E-state index in [1.54, 1.807) is 17.2 Å². The number of hydrogen-bond acceptors (Lipinski definition) is 6. The molecular formula is C17H24N6O3. The van der Waals surface area contributed by atoms with Crippen molar-refractivity contribution in [1.29, 1.82) is 0 Å². The van der Waals surface area contributed by atoms with Crippen LogP contribution in [0.1, 0.15) is 0 Å². The van der Waals surface area contributed by atoms with Crippen LogP contribution in [0, 0.1) is 0 Å². The van der Waals surface area contributed by atoms with E-state index in [9.17, 15) is 4.79 Å². The molecule has 3 rings (SSSR count). The molecule has 1 aliphatic rings. The Morgan fingerprint density at radius 3 is 2.65 bits per heavy atom. The average molecular weight is 360 g/mol. The summed E-state index contributed by atoms with van der Waals surface area (Å²) in [6.07, 6.45) is 3.23. The number of hydrogen-bond donors (Lipinski definition) is 2. The summed E-state index contributed by atoms with van der Waals surface area (Å²) >= 11 is 0. The number of aliphatic hydroxyl groups excluding tert-OH is 1. The summed E-state index contributed by atoms with van der Waals surface area (Å²) in [7, 11) is 0. The minimum atomic E-state index is -0.0953. The van der Waals surface area contributed by atoms with Gasteiger partial charge < -0.3 is 20.1 Å². The average Bonchev–Trinajstić information content (AvgIpc) is 3.21. The van der Waals surface area contributed by atoms with Crippen molar-refractivity contribution in [2.45, 2.75) is 0 Å². The van der Waals surface area contributed by atoms with E-state index in [1.807, 2.05) is 29.2 Å². The molecule has 140 valence electrons.